The smallest absolute Gasteiger partial charge is 0.107 e. The molecule has 0 amide bonds. The second-order valence-electron chi connectivity index (χ2n) is 4.61. The number of hydrogen-bond donors (Lipinski definition) is 3. The molecule has 0 radical (unpaired) electrons. The predicted octanol–water partition coefficient (Wildman–Crippen LogP) is 0.979. The first-order valence-corrected chi connectivity index (χ1v) is 6.99. The minimum Gasteiger partial charge on any atom is -0.347 e. The van der Waals surface area contributed by atoms with Crippen LogP contribution in [0.25, 0.3) is 0 Å². The van der Waals surface area contributed by atoms with Crippen molar-refractivity contribution in [2.24, 2.45) is 0 Å². The highest BCUT2D eigenvalue weighted by Crippen LogP contribution is 2.12. The highest BCUT2D eigenvalue weighted by atomic mass is 32.1. The molecule has 0 aliphatic carbocycles. The van der Waals surface area contributed by atoms with Crippen molar-refractivity contribution >= 4 is 11.3 Å². The van der Waals surface area contributed by atoms with Crippen molar-refractivity contribution in [3.63, 3.8) is 0 Å². The third-order valence-electron chi connectivity index (χ3n) is 3.15. The molecule has 3 N–H and O–H groups in total. The number of H-pyrrole nitrogens is 1. The second kappa shape index (κ2) is 5.17. The Morgan fingerprint density at radius 2 is 2.44 bits per heavy atom. The number of nitrogens with zero attached hydrogens (tertiary/aromatic N) is 2. The Bertz CT molecular complexity index is 518. The van der Waals surface area contributed by atoms with Gasteiger partial charge >= 0.3 is 0 Å². The van der Waals surface area contributed by atoms with E-state index in [2.05, 4.69) is 32.5 Å². The van der Waals surface area contributed by atoms with Crippen LogP contribution in [0.5, 0.6) is 0 Å². The molecule has 6 heteroatoms. The average Bonchev–Trinajstić information content (AvgIpc) is 2.97. The van der Waals surface area contributed by atoms with Crippen LogP contribution in [0.4, 0.5) is 0 Å². The molecule has 1 atom stereocenters. The highest BCUT2D eigenvalue weighted by molar-refractivity contribution is 7.11. The largest absolute Gasteiger partial charge is 0.347 e. The summed E-state index contributed by atoms with van der Waals surface area (Å²) in [5.41, 5.74) is 2.42. The lowest BCUT2D eigenvalue weighted by molar-refractivity contribution is 0.441. The third kappa shape index (κ3) is 2.60. The standard InChI is InChI=1S/C12H17N5S/c1-8-3-15-12(18-8)6-13-4-9-2-10-11(5-14-9)17-7-16-10/h3,7,9,13-14H,2,4-6H2,1H3,(H,16,17). The van der Waals surface area contributed by atoms with Crippen LogP contribution in [-0.4, -0.2) is 27.5 Å². The maximum atomic E-state index is 4.34. The van der Waals surface area contributed by atoms with Crippen LogP contribution in [0.1, 0.15) is 21.3 Å². The van der Waals surface area contributed by atoms with Gasteiger partial charge in [-0.1, -0.05) is 0 Å². The zero-order chi connectivity index (χ0) is 12.4. The minimum absolute atomic E-state index is 0.460. The van der Waals surface area contributed by atoms with Crippen LogP contribution >= 0.6 is 11.3 Å². The molecular weight excluding hydrogens is 246 g/mol. The van der Waals surface area contributed by atoms with Gasteiger partial charge in [-0.15, -0.1) is 11.3 Å². The van der Waals surface area contributed by atoms with E-state index in [0.29, 0.717) is 6.04 Å². The summed E-state index contributed by atoms with van der Waals surface area (Å²) < 4.78 is 0. The molecule has 3 heterocycles. The molecule has 1 unspecified atom stereocenters. The number of rotatable bonds is 4. The van der Waals surface area contributed by atoms with Gasteiger partial charge < -0.3 is 15.6 Å². The summed E-state index contributed by atoms with van der Waals surface area (Å²) in [5.74, 6) is 0. The predicted molar refractivity (Wildman–Crippen MR) is 71.5 cm³/mol. The van der Waals surface area contributed by atoms with Crippen molar-refractivity contribution < 1.29 is 0 Å². The molecule has 0 bridgehead atoms. The lowest BCUT2D eigenvalue weighted by atomic mass is 10.1. The van der Waals surface area contributed by atoms with Gasteiger partial charge in [-0.2, -0.15) is 0 Å². The summed E-state index contributed by atoms with van der Waals surface area (Å²) in [6, 6.07) is 0.460. The number of aromatic nitrogens is 3. The van der Waals surface area contributed by atoms with E-state index in [-0.39, 0.29) is 0 Å². The van der Waals surface area contributed by atoms with E-state index in [1.54, 1.807) is 17.7 Å². The zero-order valence-corrected chi connectivity index (χ0v) is 11.2. The van der Waals surface area contributed by atoms with Crippen LogP contribution in [0.15, 0.2) is 12.5 Å². The number of imidazole rings is 1. The van der Waals surface area contributed by atoms with Crippen molar-refractivity contribution in [1.29, 1.82) is 0 Å². The number of aromatic amines is 1. The lowest BCUT2D eigenvalue weighted by Gasteiger charge is -2.23. The van der Waals surface area contributed by atoms with Crippen molar-refractivity contribution in [2.75, 3.05) is 6.54 Å². The molecule has 0 aromatic carbocycles. The van der Waals surface area contributed by atoms with Crippen LogP contribution in [0.2, 0.25) is 0 Å². The van der Waals surface area contributed by atoms with Gasteiger partial charge in [-0.25, -0.2) is 9.97 Å². The van der Waals surface area contributed by atoms with E-state index in [9.17, 15) is 0 Å². The first-order chi connectivity index (χ1) is 8.81. The SMILES string of the molecule is Cc1cnc(CNCC2Cc3nc[nH]c3CN2)s1. The van der Waals surface area contributed by atoms with Gasteiger partial charge in [0.2, 0.25) is 0 Å². The van der Waals surface area contributed by atoms with Crippen molar-refractivity contribution in [1.82, 2.24) is 25.6 Å². The second-order valence-corrected chi connectivity index (χ2v) is 5.92. The molecule has 0 saturated heterocycles. The molecular formula is C12H17N5S. The summed E-state index contributed by atoms with van der Waals surface area (Å²) >= 11 is 1.75. The fourth-order valence-electron chi connectivity index (χ4n) is 2.21. The van der Waals surface area contributed by atoms with Gasteiger partial charge in [0, 0.05) is 43.2 Å². The maximum Gasteiger partial charge on any atom is 0.107 e. The van der Waals surface area contributed by atoms with E-state index in [0.717, 1.165) is 31.1 Å². The number of nitrogens with one attached hydrogen (secondary N) is 3. The summed E-state index contributed by atoms with van der Waals surface area (Å²) in [4.78, 5) is 13.1. The number of fused-ring (bicyclic) bond motifs is 1. The van der Waals surface area contributed by atoms with Gasteiger partial charge in [0.1, 0.15) is 5.01 Å². The number of thiazole rings is 1. The highest BCUT2D eigenvalue weighted by Gasteiger charge is 2.19. The Balaban J connectivity index is 1.47. The minimum atomic E-state index is 0.460. The summed E-state index contributed by atoms with van der Waals surface area (Å²) in [6.07, 6.45) is 4.69. The van der Waals surface area contributed by atoms with Gasteiger partial charge in [-0.05, 0) is 6.92 Å². The number of hydrogen-bond acceptors (Lipinski definition) is 5. The molecule has 1 aliphatic rings. The third-order valence-corrected chi connectivity index (χ3v) is 4.06. The Morgan fingerprint density at radius 1 is 1.50 bits per heavy atom. The molecule has 0 fully saturated rings. The molecule has 2 aromatic heterocycles. The van der Waals surface area contributed by atoms with E-state index in [4.69, 9.17) is 0 Å². The monoisotopic (exact) mass is 263 g/mol. The van der Waals surface area contributed by atoms with Crippen LogP contribution in [0.3, 0.4) is 0 Å². The van der Waals surface area contributed by atoms with Gasteiger partial charge in [0.15, 0.2) is 0 Å². The Morgan fingerprint density at radius 3 is 3.28 bits per heavy atom. The van der Waals surface area contributed by atoms with Gasteiger partial charge in [0.05, 0.1) is 17.7 Å². The lowest BCUT2D eigenvalue weighted by Crippen LogP contribution is -2.42. The summed E-state index contributed by atoms with van der Waals surface area (Å²) in [7, 11) is 0. The fraction of sp³-hybridized carbons (Fsp3) is 0.500. The van der Waals surface area contributed by atoms with Crippen LogP contribution < -0.4 is 10.6 Å². The van der Waals surface area contributed by atoms with Crippen molar-refractivity contribution in [2.45, 2.75) is 32.5 Å². The molecule has 18 heavy (non-hydrogen) atoms. The van der Waals surface area contributed by atoms with Crippen LogP contribution in [-0.2, 0) is 19.5 Å². The first kappa shape index (κ1) is 11.8. The Kier molecular flexibility index (Phi) is 3.40. The molecule has 5 nitrogen and oxygen atoms in total. The Labute approximate surface area is 110 Å². The molecule has 1 aliphatic heterocycles. The van der Waals surface area contributed by atoms with Crippen molar-refractivity contribution in [3.05, 3.63) is 33.8 Å². The summed E-state index contributed by atoms with van der Waals surface area (Å²) in [6.45, 7) is 4.77. The van der Waals surface area contributed by atoms with E-state index in [1.165, 1.54) is 16.3 Å². The van der Waals surface area contributed by atoms with E-state index >= 15 is 0 Å². The van der Waals surface area contributed by atoms with Gasteiger partial charge in [0.25, 0.3) is 0 Å². The van der Waals surface area contributed by atoms with Gasteiger partial charge in [-0.3, -0.25) is 0 Å². The van der Waals surface area contributed by atoms with E-state index in [1.807, 2.05) is 6.20 Å². The molecule has 0 saturated carbocycles. The average molecular weight is 263 g/mol. The maximum absolute atomic E-state index is 4.34. The van der Waals surface area contributed by atoms with E-state index < -0.39 is 0 Å². The Hall–Kier alpha value is -1.24. The molecule has 96 valence electrons. The summed E-state index contributed by atoms with van der Waals surface area (Å²) in [5, 5.41) is 8.11. The van der Waals surface area contributed by atoms with Crippen molar-refractivity contribution in [3.8, 4) is 0 Å². The molecule has 3 rings (SSSR count). The molecule has 2 aromatic rings. The normalized spacial score (nSPS) is 18.8. The topological polar surface area (TPSA) is 65.6 Å². The van der Waals surface area contributed by atoms with Crippen LogP contribution in [0, 0.1) is 6.92 Å². The molecule has 0 spiro atoms. The first-order valence-electron chi connectivity index (χ1n) is 6.18. The zero-order valence-electron chi connectivity index (χ0n) is 10.4. The quantitative estimate of drug-likeness (QED) is 0.769. The fourth-order valence-corrected chi connectivity index (χ4v) is 2.97. The number of aryl methyl sites for hydroxylation is 1.